The Morgan fingerprint density at radius 3 is 1.20 bits per heavy atom. The molecule has 9 aromatic rings. The van der Waals surface area contributed by atoms with Crippen LogP contribution in [-0.4, -0.2) is 109 Å². The van der Waals surface area contributed by atoms with Gasteiger partial charge in [0.15, 0.2) is 17.5 Å². The quantitative estimate of drug-likeness (QED) is 0.0373. The summed E-state index contributed by atoms with van der Waals surface area (Å²) in [7, 11) is 0. The van der Waals surface area contributed by atoms with Crippen molar-refractivity contribution < 1.29 is 46.9 Å². The SMILES string of the molecule is CCCNC(=O)c1c(F)c(Cl)cc(C(C)c2nc(C)c3c(N)nccn23)c1OC(C)C.Cc1nc(C(C)c2cc(Cl)c(F)c(C(=O)NC3(C)CCC(O)CC3)c2OC(C)C)n2ccnc(N)c12.Cc1nc(C(C)c2cc(Cl)c(F)c(C(=O)NCC3CC3)c2OC(C)C)n2ccnc(N)c12. The Hall–Kier alpha value is -8.65. The number of aliphatic hydroxyl groups excluding tert-OH is 1. The number of ether oxygens (including phenoxy) is 3. The zero-order chi connectivity index (χ0) is 72.4. The molecule has 3 atom stereocenters. The zero-order valence-electron chi connectivity index (χ0n) is 58.1. The van der Waals surface area contributed by atoms with Crippen molar-refractivity contribution in [2.75, 3.05) is 30.3 Å². The maximum Gasteiger partial charge on any atom is 0.258 e. The normalized spacial score (nSPS) is 16.3. The van der Waals surface area contributed by atoms with Gasteiger partial charge in [-0.2, -0.15) is 0 Å². The van der Waals surface area contributed by atoms with Gasteiger partial charge < -0.3 is 52.5 Å². The van der Waals surface area contributed by atoms with E-state index >= 15 is 13.2 Å². The molecule has 2 aliphatic rings. The van der Waals surface area contributed by atoms with E-state index in [0.29, 0.717) is 131 Å². The minimum Gasteiger partial charge on any atom is -0.490 e. The third-order valence-corrected chi connectivity index (χ3v) is 18.3. The van der Waals surface area contributed by atoms with Gasteiger partial charge in [-0.15, -0.1) is 0 Å². The first-order valence-electron chi connectivity index (χ1n) is 33.2. The summed E-state index contributed by atoms with van der Waals surface area (Å²) >= 11 is 18.8. The number of carbonyl (C=O) groups is 3. The Labute approximate surface area is 588 Å². The molecule has 99 heavy (non-hydrogen) atoms. The molecule has 28 heteroatoms. The van der Waals surface area contributed by atoms with Crippen LogP contribution in [0.3, 0.4) is 0 Å². The van der Waals surface area contributed by atoms with E-state index in [9.17, 15) is 19.5 Å². The van der Waals surface area contributed by atoms with Crippen LogP contribution in [-0.2, 0) is 0 Å². The lowest BCUT2D eigenvalue weighted by Crippen LogP contribution is -2.49. The molecule has 3 unspecified atom stereocenters. The van der Waals surface area contributed by atoms with Crippen LogP contribution in [0, 0.1) is 44.1 Å². The average Bonchev–Trinajstić information content (AvgIpc) is 1.69. The number of nitrogen functional groups attached to an aromatic ring is 3. The number of halogens is 6. The molecule has 0 aliphatic heterocycles. The van der Waals surface area contributed by atoms with Crippen LogP contribution in [0.5, 0.6) is 17.2 Å². The summed E-state index contributed by atoms with van der Waals surface area (Å²) in [6, 6.07) is 4.50. The third-order valence-electron chi connectivity index (χ3n) is 17.5. The highest BCUT2D eigenvalue weighted by Gasteiger charge is 2.38. The second-order valence-electron chi connectivity index (χ2n) is 26.5. The van der Waals surface area contributed by atoms with Crippen molar-refractivity contribution in [2.45, 2.75) is 190 Å². The van der Waals surface area contributed by atoms with Crippen molar-refractivity contribution in [1.82, 2.24) is 59.1 Å². The van der Waals surface area contributed by atoms with Crippen molar-refractivity contribution >= 4 is 86.5 Å². The van der Waals surface area contributed by atoms with E-state index in [1.165, 1.54) is 18.2 Å². The summed E-state index contributed by atoms with van der Waals surface area (Å²) in [5, 5.41) is 17.9. The molecule has 3 amide bonds. The van der Waals surface area contributed by atoms with Crippen molar-refractivity contribution in [3.63, 3.8) is 0 Å². The Balaban J connectivity index is 0.000000174. The van der Waals surface area contributed by atoms with Crippen LogP contribution in [0.2, 0.25) is 15.1 Å². The van der Waals surface area contributed by atoms with Gasteiger partial charge in [0, 0.05) is 90.3 Å². The molecule has 0 radical (unpaired) electrons. The fraction of sp³-hybridized carbons (Fsp3) is 0.451. The summed E-state index contributed by atoms with van der Waals surface area (Å²) in [6.07, 6.45) is 13.9. The largest absolute Gasteiger partial charge is 0.490 e. The minimum absolute atomic E-state index is 0.132. The summed E-state index contributed by atoms with van der Waals surface area (Å²) in [4.78, 5) is 65.9. The van der Waals surface area contributed by atoms with Gasteiger partial charge in [0.05, 0.1) is 56.6 Å². The summed E-state index contributed by atoms with van der Waals surface area (Å²) in [5.74, 6) is -1.36. The first-order chi connectivity index (χ1) is 46.8. The number of hydrogen-bond donors (Lipinski definition) is 7. The van der Waals surface area contributed by atoms with Gasteiger partial charge in [-0.25, -0.2) is 43.1 Å². The predicted octanol–water partition coefficient (Wildman–Crippen LogP) is 13.8. The van der Waals surface area contributed by atoms with Crippen molar-refractivity contribution in [1.29, 1.82) is 0 Å². The fourth-order valence-corrected chi connectivity index (χ4v) is 13.0. The molecule has 6 aromatic heterocycles. The number of benzene rings is 3. The highest BCUT2D eigenvalue weighted by Crippen LogP contribution is 2.44. The Morgan fingerprint density at radius 1 is 0.566 bits per heavy atom. The first-order valence-corrected chi connectivity index (χ1v) is 34.3. The predicted molar refractivity (Wildman–Crippen MR) is 379 cm³/mol. The molecule has 11 rings (SSSR count). The number of anilines is 3. The molecule has 2 aliphatic carbocycles. The fourth-order valence-electron chi connectivity index (χ4n) is 12.4. The smallest absolute Gasteiger partial charge is 0.258 e. The van der Waals surface area contributed by atoms with E-state index in [2.05, 4.69) is 35.9 Å². The van der Waals surface area contributed by atoms with Gasteiger partial charge in [0.25, 0.3) is 17.7 Å². The van der Waals surface area contributed by atoms with Gasteiger partial charge in [-0.05, 0) is 138 Å². The summed E-state index contributed by atoms with van der Waals surface area (Å²) in [5.41, 5.74) is 22.9. The third kappa shape index (κ3) is 16.0. The standard InChI is InChI=1S/C26H33ClFN5O3.C23H27ClFN5O2.C22H27ClFN5O2/c1-13(2)36-22-17(14(3)24-31-15(4)21-23(29)30-10-11-33(21)24)12-18(27)20(28)19(22)25(35)32-26(5)8-6-16(34)7-9-26;1-11(2)32-20-15(9-16(24)18(25)17(20)23(31)28-10-14-5-6-14)12(3)22-29-13(4)19-21(26)27-7-8-30(19)22;1-6-7-27-22(30)16-17(24)15(23)10-14(19(16)31-11(2)3)12(4)21-28-13(5)18-20(25)26-8-9-29(18)21/h10-14,16,34H,6-9H2,1-5H3,(H2,29,30)(H,32,35);7-9,11-12,14H,5-6,10H2,1-4H3,(H2,26,27)(H,28,31);8-12H,6-7H2,1-5H3,(H2,25,26)(H,27,30). The maximum absolute atomic E-state index is 15.5. The van der Waals surface area contributed by atoms with Gasteiger partial charge in [-0.3, -0.25) is 27.6 Å². The number of hydrogen-bond acceptors (Lipinski definition) is 16. The maximum atomic E-state index is 15.5. The number of nitrogens with zero attached hydrogens (tertiary/aromatic N) is 9. The molecular formula is C71H87Cl3F3N15O7. The topological polar surface area (TPSA) is 304 Å². The minimum atomic E-state index is -0.835. The van der Waals surface area contributed by atoms with E-state index < -0.39 is 46.6 Å². The lowest BCUT2D eigenvalue weighted by atomic mass is 9.81. The number of imidazole rings is 3. The van der Waals surface area contributed by atoms with Gasteiger partial charge in [-0.1, -0.05) is 62.5 Å². The number of amides is 3. The monoisotopic (exact) mass is 1420 g/mol. The van der Waals surface area contributed by atoms with Crippen LogP contribution in [0.4, 0.5) is 30.6 Å². The van der Waals surface area contributed by atoms with Gasteiger partial charge in [0.1, 0.15) is 85.4 Å². The summed E-state index contributed by atoms with van der Waals surface area (Å²) in [6.45, 7) is 26.9. The lowest BCUT2D eigenvalue weighted by molar-refractivity contribution is 0.0718. The highest BCUT2D eigenvalue weighted by atomic mass is 35.5. The Kier molecular flexibility index (Phi) is 23.2. The molecule has 0 saturated heterocycles. The number of fused-ring (bicyclic) bond motifs is 3. The number of carbonyl (C=O) groups excluding carboxylic acids is 3. The van der Waals surface area contributed by atoms with Crippen molar-refractivity contribution in [3.05, 3.63) is 156 Å². The second kappa shape index (κ2) is 30.9. The van der Waals surface area contributed by atoms with Crippen LogP contribution in [0.15, 0.2) is 55.4 Å². The zero-order valence-corrected chi connectivity index (χ0v) is 60.4. The molecule has 530 valence electrons. The van der Waals surface area contributed by atoms with Gasteiger partial charge in [0.2, 0.25) is 0 Å². The van der Waals surface area contributed by atoms with E-state index in [-0.39, 0.29) is 85.3 Å². The molecule has 2 saturated carbocycles. The number of aryl methyl sites for hydroxylation is 3. The number of nitrogens with two attached hydrogens (primary N) is 3. The lowest BCUT2D eigenvalue weighted by Gasteiger charge is -2.36. The molecule has 10 N–H and O–H groups in total. The number of aromatic nitrogens is 9. The highest BCUT2D eigenvalue weighted by molar-refractivity contribution is 6.32. The van der Waals surface area contributed by atoms with Gasteiger partial charge >= 0.3 is 0 Å². The molecule has 3 aromatic carbocycles. The number of nitrogens with one attached hydrogen (secondary N) is 3. The average molecular weight is 1430 g/mol. The second-order valence-corrected chi connectivity index (χ2v) is 27.7. The molecule has 6 heterocycles. The number of rotatable bonds is 20. The first kappa shape index (κ1) is 74.6. The molecule has 22 nitrogen and oxygen atoms in total. The van der Waals surface area contributed by atoms with Crippen LogP contribution in [0.25, 0.3) is 16.6 Å². The van der Waals surface area contributed by atoms with Crippen LogP contribution >= 0.6 is 34.8 Å². The summed E-state index contributed by atoms with van der Waals surface area (Å²) < 4.78 is 69.3. The molecule has 0 bridgehead atoms. The van der Waals surface area contributed by atoms with Crippen molar-refractivity contribution in [3.8, 4) is 17.2 Å². The van der Waals surface area contributed by atoms with Crippen LogP contribution < -0.4 is 47.4 Å². The van der Waals surface area contributed by atoms with Crippen molar-refractivity contribution in [2.24, 2.45) is 5.92 Å². The molecule has 0 spiro atoms. The van der Waals surface area contributed by atoms with E-state index in [0.717, 1.165) is 18.5 Å². The van der Waals surface area contributed by atoms with Crippen LogP contribution in [0.1, 0.15) is 221 Å². The van der Waals surface area contributed by atoms with E-state index in [1.807, 2.05) is 110 Å². The van der Waals surface area contributed by atoms with E-state index in [4.69, 9.17) is 76.2 Å². The van der Waals surface area contributed by atoms with E-state index in [1.54, 1.807) is 37.2 Å². The number of aliphatic hydroxyl groups is 1. The molecular weight excluding hydrogens is 1340 g/mol. The molecule has 2 fully saturated rings. The Morgan fingerprint density at radius 2 is 0.889 bits per heavy atom. The Bertz CT molecular complexity index is 4510.